The first-order valence-corrected chi connectivity index (χ1v) is 16.9. The Morgan fingerprint density at radius 1 is 1.10 bits per heavy atom. The van der Waals surface area contributed by atoms with Crippen LogP contribution in [0.3, 0.4) is 0 Å². The van der Waals surface area contributed by atoms with Crippen molar-refractivity contribution < 1.29 is 27.4 Å². The van der Waals surface area contributed by atoms with Crippen LogP contribution >= 0.6 is 11.3 Å². The predicted molar refractivity (Wildman–Crippen MR) is 150 cm³/mol. The molecule has 6 unspecified atom stereocenters. The van der Waals surface area contributed by atoms with Gasteiger partial charge < -0.3 is 5.32 Å². The molecule has 9 atom stereocenters. The fraction of sp³-hybridized carbons (Fsp3) is 0.767. The van der Waals surface area contributed by atoms with Gasteiger partial charge in [0.1, 0.15) is 15.8 Å². The Kier molecular flexibility index (Phi) is 7.68. The number of nitrogens with one attached hydrogen (secondary N) is 1. The quantitative estimate of drug-likeness (QED) is 0.384. The second-order valence-electron chi connectivity index (χ2n) is 13.4. The molecule has 0 aromatic carbocycles. The minimum absolute atomic E-state index is 0.0342. The van der Waals surface area contributed by atoms with Crippen molar-refractivity contribution in [1.82, 2.24) is 5.32 Å². The minimum Gasteiger partial charge on any atom is -0.348 e. The smallest absolute Gasteiger partial charge is 0.304 e. The number of fused-ring (bicyclic) bond motifs is 5. The standard InChI is InChI=1S/C30H43NO6S2/c1-5-23(25-8-9-27(38-25)39(35,36)37)31-26(34)14-17(2)20-6-7-21-28-22(11-13-30(20,21)4)29(3)12-10-19(32)15-18(29)16-24(28)33/h8-9,17-18,20-23,28H,5-7,10-16H2,1-4H3,(H,31,34)(H,35,36,37)/t17-,18?,20?,21+,22+,23?,28?,29?,30?/m1/s1. The molecule has 4 aliphatic rings. The predicted octanol–water partition coefficient (Wildman–Crippen LogP) is 6.00. The molecule has 216 valence electrons. The number of ketones is 2. The number of hydrogen-bond donors (Lipinski definition) is 2. The van der Waals surface area contributed by atoms with Gasteiger partial charge in [-0.1, -0.05) is 27.7 Å². The van der Waals surface area contributed by atoms with Gasteiger partial charge in [0.2, 0.25) is 5.91 Å². The molecule has 5 rings (SSSR count). The van der Waals surface area contributed by atoms with Crippen molar-refractivity contribution in [1.29, 1.82) is 0 Å². The van der Waals surface area contributed by atoms with E-state index in [1.807, 2.05) is 6.92 Å². The second kappa shape index (κ2) is 10.4. The number of hydrogen-bond acceptors (Lipinski definition) is 6. The van der Waals surface area contributed by atoms with E-state index in [9.17, 15) is 27.4 Å². The van der Waals surface area contributed by atoms with Crippen molar-refractivity contribution >= 4 is 38.9 Å². The van der Waals surface area contributed by atoms with E-state index >= 15 is 0 Å². The highest BCUT2D eigenvalue weighted by Crippen LogP contribution is 2.67. The summed E-state index contributed by atoms with van der Waals surface area (Å²) < 4.78 is 32.2. The highest BCUT2D eigenvalue weighted by Gasteiger charge is 2.63. The Bertz CT molecular complexity index is 1260. The summed E-state index contributed by atoms with van der Waals surface area (Å²) in [6.07, 6.45) is 7.88. The lowest BCUT2D eigenvalue weighted by Crippen LogP contribution is -2.57. The molecule has 0 saturated heterocycles. The van der Waals surface area contributed by atoms with E-state index in [1.54, 1.807) is 6.07 Å². The van der Waals surface area contributed by atoms with Crippen LogP contribution in [0.5, 0.6) is 0 Å². The largest absolute Gasteiger partial charge is 0.348 e. The molecule has 4 aliphatic carbocycles. The molecule has 0 aliphatic heterocycles. The Balaban J connectivity index is 1.26. The maximum Gasteiger partial charge on any atom is 0.304 e. The van der Waals surface area contributed by atoms with Crippen molar-refractivity contribution in [2.24, 2.45) is 46.3 Å². The monoisotopic (exact) mass is 577 g/mol. The highest BCUT2D eigenvalue weighted by atomic mass is 32.3. The third kappa shape index (κ3) is 5.05. The Labute approximate surface area is 236 Å². The molecular formula is C30H43NO6S2. The van der Waals surface area contributed by atoms with Crippen LogP contribution in [-0.2, 0) is 24.5 Å². The Hall–Kier alpha value is -1.58. The van der Waals surface area contributed by atoms with E-state index in [-0.39, 0.29) is 44.7 Å². The topological polar surface area (TPSA) is 118 Å². The molecule has 7 nitrogen and oxygen atoms in total. The van der Waals surface area contributed by atoms with Crippen LogP contribution in [0.2, 0.25) is 0 Å². The molecule has 1 aromatic rings. The number of carbonyl (C=O) groups excluding carboxylic acids is 3. The third-order valence-corrected chi connectivity index (χ3v) is 14.0. The SMILES string of the molecule is CCC(NC(=O)C[C@@H](C)C1CC[C@H]2C3C(=O)CC4CC(=O)CCC4(C)[C@H]3CCC12C)c1ccc(S(=O)(=O)O)s1. The van der Waals surface area contributed by atoms with Gasteiger partial charge in [0.15, 0.2) is 0 Å². The van der Waals surface area contributed by atoms with Gasteiger partial charge in [-0.05, 0) is 91.1 Å². The molecule has 9 heteroatoms. The normalized spacial score (nSPS) is 37.9. The van der Waals surface area contributed by atoms with Crippen molar-refractivity contribution in [3.63, 3.8) is 0 Å². The van der Waals surface area contributed by atoms with Crippen LogP contribution in [0.4, 0.5) is 0 Å². The van der Waals surface area contributed by atoms with Crippen LogP contribution < -0.4 is 5.32 Å². The van der Waals surface area contributed by atoms with Crippen LogP contribution in [0.15, 0.2) is 16.3 Å². The van der Waals surface area contributed by atoms with E-state index in [4.69, 9.17) is 0 Å². The van der Waals surface area contributed by atoms with Crippen molar-refractivity contribution in [3.05, 3.63) is 17.0 Å². The summed E-state index contributed by atoms with van der Waals surface area (Å²) in [5.41, 5.74) is 0.121. The van der Waals surface area contributed by atoms with Crippen molar-refractivity contribution in [2.45, 2.75) is 102 Å². The summed E-state index contributed by atoms with van der Waals surface area (Å²) in [6.45, 7) is 8.83. The lowest BCUT2D eigenvalue weighted by atomic mass is 9.44. The molecule has 4 fully saturated rings. The molecule has 1 amide bonds. The first-order valence-electron chi connectivity index (χ1n) is 14.7. The Morgan fingerprint density at radius 3 is 2.49 bits per heavy atom. The average Bonchev–Trinajstić information content (AvgIpc) is 3.48. The number of carbonyl (C=O) groups is 3. The summed E-state index contributed by atoms with van der Waals surface area (Å²) in [7, 11) is -4.26. The van der Waals surface area contributed by atoms with Crippen LogP contribution in [0.25, 0.3) is 0 Å². The summed E-state index contributed by atoms with van der Waals surface area (Å²) in [5, 5.41) is 3.09. The number of amides is 1. The molecule has 1 heterocycles. The van der Waals surface area contributed by atoms with Gasteiger partial charge in [-0.3, -0.25) is 18.9 Å². The molecule has 39 heavy (non-hydrogen) atoms. The lowest BCUT2D eigenvalue weighted by molar-refractivity contribution is -0.159. The third-order valence-electron chi connectivity index (χ3n) is 11.5. The van der Waals surface area contributed by atoms with E-state index in [2.05, 4.69) is 26.1 Å². The fourth-order valence-corrected chi connectivity index (χ4v) is 11.2. The van der Waals surface area contributed by atoms with Gasteiger partial charge in [-0.15, -0.1) is 11.3 Å². The zero-order valence-electron chi connectivity index (χ0n) is 23.6. The van der Waals surface area contributed by atoms with Gasteiger partial charge in [0, 0.05) is 36.5 Å². The number of rotatable bonds is 7. The van der Waals surface area contributed by atoms with E-state index in [0.29, 0.717) is 66.3 Å². The van der Waals surface area contributed by atoms with Gasteiger partial charge in [-0.2, -0.15) is 8.42 Å². The zero-order chi connectivity index (χ0) is 28.3. The molecular weight excluding hydrogens is 534 g/mol. The highest BCUT2D eigenvalue weighted by molar-refractivity contribution is 7.88. The van der Waals surface area contributed by atoms with E-state index in [0.717, 1.165) is 43.4 Å². The van der Waals surface area contributed by atoms with Gasteiger partial charge in [0.25, 0.3) is 0 Å². The summed E-state index contributed by atoms with van der Waals surface area (Å²) in [6, 6.07) is 2.73. The van der Waals surface area contributed by atoms with Gasteiger partial charge >= 0.3 is 10.1 Å². The molecule has 0 radical (unpaired) electrons. The first kappa shape index (κ1) is 28.9. The molecule has 2 N–H and O–H groups in total. The van der Waals surface area contributed by atoms with Crippen LogP contribution in [-0.4, -0.2) is 30.4 Å². The minimum atomic E-state index is -4.26. The first-order chi connectivity index (χ1) is 18.3. The van der Waals surface area contributed by atoms with Gasteiger partial charge in [0.05, 0.1) is 6.04 Å². The number of thiophene rings is 1. The fourth-order valence-electron chi connectivity index (χ4n) is 9.42. The lowest BCUT2D eigenvalue weighted by Gasteiger charge is -2.59. The van der Waals surface area contributed by atoms with Crippen molar-refractivity contribution in [3.8, 4) is 0 Å². The maximum absolute atomic E-state index is 13.6. The van der Waals surface area contributed by atoms with E-state index in [1.165, 1.54) is 6.07 Å². The summed E-state index contributed by atoms with van der Waals surface area (Å²) in [5.74, 6) is 2.20. The number of Topliss-reactive ketones (excluding diaryl/α,β-unsaturated/α-hetero) is 2. The van der Waals surface area contributed by atoms with Crippen molar-refractivity contribution in [2.75, 3.05) is 0 Å². The molecule has 0 bridgehead atoms. The molecule has 4 saturated carbocycles. The van der Waals surface area contributed by atoms with Crippen LogP contribution in [0.1, 0.15) is 103 Å². The molecule has 0 spiro atoms. The Morgan fingerprint density at radius 2 is 1.82 bits per heavy atom. The van der Waals surface area contributed by atoms with Crippen LogP contribution in [0, 0.1) is 46.3 Å². The van der Waals surface area contributed by atoms with E-state index < -0.39 is 10.1 Å². The average molecular weight is 578 g/mol. The van der Waals surface area contributed by atoms with Gasteiger partial charge in [-0.25, -0.2) is 0 Å². The summed E-state index contributed by atoms with van der Waals surface area (Å²) >= 11 is 0.988. The maximum atomic E-state index is 13.6. The molecule has 1 aromatic heterocycles. The summed E-state index contributed by atoms with van der Waals surface area (Å²) in [4.78, 5) is 39.7. The second-order valence-corrected chi connectivity index (χ2v) is 16.2. The zero-order valence-corrected chi connectivity index (χ0v) is 25.2.